The van der Waals surface area contributed by atoms with Gasteiger partial charge in [-0.2, -0.15) is 0 Å². The monoisotopic (exact) mass is 237 g/mol. The van der Waals surface area contributed by atoms with Crippen LogP contribution in [-0.4, -0.2) is 23.6 Å². The molecular formula is C12H13F2N3. The molecule has 1 aromatic heterocycles. The number of imidazole rings is 1. The molecule has 0 saturated carbocycles. The Balaban J connectivity index is 2.24. The van der Waals surface area contributed by atoms with Crippen molar-refractivity contribution >= 4 is 0 Å². The summed E-state index contributed by atoms with van der Waals surface area (Å²) in [4.78, 5) is 7.15. The molecule has 0 amide bonds. The molecular weight excluding hydrogens is 224 g/mol. The second-order valence-electron chi connectivity index (χ2n) is 3.72. The average molecular weight is 237 g/mol. The van der Waals surface area contributed by atoms with Crippen LogP contribution < -0.4 is 5.32 Å². The van der Waals surface area contributed by atoms with Gasteiger partial charge in [0.15, 0.2) is 0 Å². The summed E-state index contributed by atoms with van der Waals surface area (Å²) in [6.07, 6.45) is 2.29. The highest BCUT2D eigenvalue weighted by Gasteiger charge is 2.09. The number of benzene rings is 1. The van der Waals surface area contributed by atoms with Gasteiger partial charge in [-0.3, -0.25) is 0 Å². The molecule has 2 N–H and O–H groups in total. The zero-order valence-corrected chi connectivity index (χ0v) is 9.43. The first kappa shape index (κ1) is 11.7. The number of nitrogens with zero attached hydrogens (tertiary/aromatic N) is 1. The third-order valence-electron chi connectivity index (χ3n) is 2.46. The molecule has 3 nitrogen and oxygen atoms in total. The first-order valence-electron chi connectivity index (χ1n) is 5.34. The Hall–Kier alpha value is -1.75. The largest absolute Gasteiger partial charge is 0.342 e. The van der Waals surface area contributed by atoms with Crippen molar-refractivity contribution in [1.29, 1.82) is 0 Å². The molecule has 0 bridgehead atoms. The second-order valence-corrected chi connectivity index (χ2v) is 3.72. The van der Waals surface area contributed by atoms with Crippen LogP contribution in [0.25, 0.3) is 11.3 Å². The zero-order valence-electron chi connectivity index (χ0n) is 9.43. The van der Waals surface area contributed by atoms with E-state index >= 15 is 0 Å². The minimum Gasteiger partial charge on any atom is -0.342 e. The lowest BCUT2D eigenvalue weighted by atomic mass is 10.1. The van der Waals surface area contributed by atoms with E-state index in [9.17, 15) is 8.78 Å². The fraction of sp³-hybridized carbons (Fsp3) is 0.250. The lowest BCUT2D eigenvalue weighted by Crippen LogP contribution is -2.11. The van der Waals surface area contributed by atoms with E-state index in [0.717, 1.165) is 24.9 Å². The Morgan fingerprint density at radius 3 is 2.88 bits per heavy atom. The molecule has 2 rings (SSSR count). The summed E-state index contributed by atoms with van der Waals surface area (Å²) in [5, 5.41) is 3.00. The average Bonchev–Trinajstić information content (AvgIpc) is 2.75. The van der Waals surface area contributed by atoms with Gasteiger partial charge in [-0.1, -0.05) is 0 Å². The summed E-state index contributed by atoms with van der Waals surface area (Å²) in [7, 11) is 1.85. The molecule has 5 heteroatoms. The molecule has 0 fully saturated rings. The molecule has 0 radical (unpaired) electrons. The highest BCUT2D eigenvalue weighted by Crippen LogP contribution is 2.21. The van der Waals surface area contributed by atoms with Crippen molar-refractivity contribution in [2.75, 3.05) is 13.6 Å². The van der Waals surface area contributed by atoms with Gasteiger partial charge in [0.1, 0.15) is 17.5 Å². The highest BCUT2D eigenvalue weighted by atomic mass is 19.1. The van der Waals surface area contributed by atoms with E-state index in [2.05, 4.69) is 15.3 Å². The summed E-state index contributed by atoms with van der Waals surface area (Å²) < 4.78 is 26.3. The number of H-pyrrole nitrogens is 1. The Morgan fingerprint density at radius 2 is 2.18 bits per heavy atom. The maximum absolute atomic E-state index is 13.5. The minimum absolute atomic E-state index is 0.328. The lowest BCUT2D eigenvalue weighted by Gasteiger charge is -2.00. The van der Waals surface area contributed by atoms with Crippen LogP contribution in [0.4, 0.5) is 8.78 Å². The Kier molecular flexibility index (Phi) is 3.49. The smallest absolute Gasteiger partial charge is 0.135 e. The highest BCUT2D eigenvalue weighted by molar-refractivity contribution is 5.59. The molecule has 0 aliphatic rings. The van der Waals surface area contributed by atoms with Crippen LogP contribution in [0.2, 0.25) is 0 Å². The SMILES string of the molecule is CNCCc1ncc(-c2ccc(F)cc2F)[nH]1. The van der Waals surface area contributed by atoms with Gasteiger partial charge in [0.05, 0.1) is 11.9 Å². The van der Waals surface area contributed by atoms with Gasteiger partial charge in [0.2, 0.25) is 0 Å². The molecule has 0 spiro atoms. The van der Waals surface area contributed by atoms with Crippen LogP contribution in [0.3, 0.4) is 0 Å². The van der Waals surface area contributed by atoms with Crippen molar-refractivity contribution < 1.29 is 8.78 Å². The van der Waals surface area contributed by atoms with E-state index in [4.69, 9.17) is 0 Å². The maximum Gasteiger partial charge on any atom is 0.135 e. The molecule has 90 valence electrons. The van der Waals surface area contributed by atoms with Crippen molar-refractivity contribution in [2.24, 2.45) is 0 Å². The third-order valence-corrected chi connectivity index (χ3v) is 2.46. The predicted molar refractivity (Wildman–Crippen MR) is 61.6 cm³/mol. The number of hydrogen-bond donors (Lipinski definition) is 2. The van der Waals surface area contributed by atoms with E-state index in [1.54, 1.807) is 6.20 Å². The molecule has 1 heterocycles. The van der Waals surface area contributed by atoms with Gasteiger partial charge in [-0.05, 0) is 19.2 Å². The van der Waals surface area contributed by atoms with Crippen LogP contribution >= 0.6 is 0 Å². The number of aromatic amines is 1. The lowest BCUT2D eigenvalue weighted by molar-refractivity contribution is 0.585. The normalized spacial score (nSPS) is 10.8. The number of likely N-dealkylation sites (N-methyl/N-ethyl adjacent to an activating group) is 1. The van der Waals surface area contributed by atoms with Gasteiger partial charge in [0, 0.05) is 24.6 Å². The standard InChI is InChI=1S/C12H13F2N3/c1-15-5-4-12-16-7-11(17-12)9-3-2-8(13)6-10(9)14/h2-3,6-7,15H,4-5H2,1H3,(H,16,17). The summed E-state index contributed by atoms with van der Waals surface area (Å²) in [6, 6.07) is 3.50. The topological polar surface area (TPSA) is 40.7 Å². The van der Waals surface area contributed by atoms with Crippen molar-refractivity contribution in [3.05, 3.63) is 41.9 Å². The molecule has 17 heavy (non-hydrogen) atoms. The minimum atomic E-state index is -0.589. The van der Waals surface area contributed by atoms with E-state index in [1.165, 1.54) is 12.1 Å². The maximum atomic E-state index is 13.5. The van der Waals surface area contributed by atoms with Crippen LogP contribution in [0, 0.1) is 11.6 Å². The van der Waals surface area contributed by atoms with Gasteiger partial charge >= 0.3 is 0 Å². The first-order chi connectivity index (χ1) is 8.20. The number of aromatic nitrogens is 2. The Labute approximate surface area is 97.9 Å². The fourth-order valence-electron chi connectivity index (χ4n) is 1.58. The predicted octanol–water partition coefficient (Wildman–Crippen LogP) is 2.12. The summed E-state index contributed by atoms with van der Waals surface area (Å²) in [5.41, 5.74) is 0.892. The molecule has 0 unspecified atom stereocenters. The second kappa shape index (κ2) is 5.05. The zero-order chi connectivity index (χ0) is 12.3. The van der Waals surface area contributed by atoms with E-state index < -0.39 is 11.6 Å². The van der Waals surface area contributed by atoms with Crippen molar-refractivity contribution in [1.82, 2.24) is 15.3 Å². The molecule has 1 aromatic carbocycles. The van der Waals surface area contributed by atoms with Crippen LogP contribution in [0.5, 0.6) is 0 Å². The van der Waals surface area contributed by atoms with Crippen LogP contribution in [-0.2, 0) is 6.42 Å². The number of nitrogens with one attached hydrogen (secondary N) is 2. The third kappa shape index (κ3) is 2.68. The quantitative estimate of drug-likeness (QED) is 0.855. The van der Waals surface area contributed by atoms with E-state index in [-0.39, 0.29) is 0 Å². The van der Waals surface area contributed by atoms with Crippen LogP contribution in [0.15, 0.2) is 24.4 Å². The van der Waals surface area contributed by atoms with E-state index in [1.807, 2.05) is 7.05 Å². The molecule has 2 aromatic rings. The first-order valence-corrected chi connectivity index (χ1v) is 5.34. The molecule has 0 aliphatic heterocycles. The summed E-state index contributed by atoms with van der Waals surface area (Å²) in [6.45, 7) is 0.791. The molecule has 0 saturated heterocycles. The van der Waals surface area contributed by atoms with Gasteiger partial charge in [-0.25, -0.2) is 13.8 Å². The van der Waals surface area contributed by atoms with Crippen LogP contribution in [0.1, 0.15) is 5.82 Å². The number of halogens is 2. The fourth-order valence-corrected chi connectivity index (χ4v) is 1.58. The van der Waals surface area contributed by atoms with Crippen molar-refractivity contribution in [2.45, 2.75) is 6.42 Å². The van der Waals surface area contributed by atoms with E-state index in [0.29, 0.717) is 11.3 Å². The molecule has 0 atom stereocenters. The Bertz CT molecular complexity index is 508. The summed E-state index contributed by atoms with van der Waals surface area (Å²) in [5.74, 6) is -0.395. The number of hydrogen-bond acceptors (Lipinski definition) is 2. The van der Waals surface area contributed by atoms with Gasteiger partial charge in [-0.15, -0.1) is 0 Å². The summed E-state index contributed by atoms with van der Waals surface area (Å²) >= 11 is 0. The van der Waals surface area contributed by atoms with Crippen molar-refractivity contribution in [3.8, 4) is 11.3 Å². The number of rotatable bonds is 4. The van der Waals surface area contributed by atoms with Gasteiger partial charge < -0.3 is 10.3 Å². The van der Waals surface area contributed by atoms with Gasteiger partial charge in [0.25, 0.3) is 0 Å². The molecule has 0 aliphatic carbocycles. The van der Waals surface area contributed by atoms with Crippen molar-refractivity contribution in [3.63, 3.8) is 0 Å². The Morgan fingerprint density at radius 1 is 1.35 bits per heavy atom.